The molecule has 1 aliphatic rings. The fourth-order valence-electron chi connectivity index (χ4n) is 2.61. The fourth-order valence-corrected chi connectivity index (χ4v) is 2.61. The first-order valence-corrected chi connectivity index (χ1v) is 8.68. The molecule has 0 saturated carbocycles. The molecule has 1 aliphatic heterocycles. The molecule has 1 saturated heterocycles. The number of urea groups is 1. The summed E-state index contributed by atoms with van der Waals surface area (Å²) in [6, 6.07) is 9.58. The largest absolute Gasteiger partial charge is 0.481 e. The summed E-state index contributed by atoms with van der Waals surface area (Å²) >= 11 is 0. The first-order valence-electron chi connectivity index (χ1n) is 8.68. The lowest BCUT2D eigenvalue weighted by molar-refractivity contribution is -0.126. The average molecular weight is 384 g/mol. The molecule has 3 rings (SSSR count). The molecule has 9 heteroatoms. The Balaban J connectivity index is 1.42. The van der Waals surface area contributed by atoms with E-state index in [-0.39, 0.29) is 12.3 Å². The van der Waals surface area contributed by atoms with Crippen molar-refractivity contribution in [2.45, 2.75) is 18.9 Å². The number of ether oxygens (including phenoxy) is 2. The molecule has 2 heterocycles. The number of nitrogens with one attached hydrogen (secondary N) is 3. The molecule has 146 valence electrons. The maximum Gasteiger partial charge on any atom is 0.322 e. The van der Waals surface area contributed by atoms with E-state index in [0.717, 1.165) is 5.56 Å². The van der Waals surface area contributed by atoms with Crippen molar-refractivity contribution in [3.63, 3.8) is 0 Å². The van der Waals surface area contributed by atoms with Crippen molar-refractivity contribution in [2.24, 2.45) is 0 Å². The topological polar surface area (TPSA) is 119 Å². The van der Waals surface area contributed by atoms with E-state index in [4.69, 9.17) is 9.47 Å². The molecule has 4 amide bonds. The molecule has 1 fully saturated rings. The van der Waals surface area contributed by atoms with E-state index in [0.29, 0.717) is 30.3 Å². The third kappa shape index (κ3) is 5.19. The minimum atomic E-state index is -0.809. The van der Waals surface area contributed by atoms with Gasteiger partial charge in [-0.3, -0.25) is 14.9 Å². The van der Waals surface area contributed by atoms with Crippen LogP contribution in [0.2, 0.25) is 0 Å². The van der Waals surface area contributed by atoms with Gasteiger partial charge in [-0.05, 0) is 30.2 Å². The van der Waals surface area contributed by atoms with Crippen LogP contribution in [0, 0.1) is 0 Å². The van der Waals surface area contributed by atoms with Crippen molar-refractivity contribution in [1.82, 2.24) is 20.9 Å². The van der Waals surface area contributed by atoms with E-state index < -0.39 is 18.0 Å². The van der Waals surface area contributed by atoms with Crippen LogP contribution in [0.3, 0.4) is 0 Å². The molecule has 2 aromatic rings. The molecular weight excluding hydrogens is 364 g/mol. The number of hydrogen-bond donors (Lipinski definition) is 3. The molecule has 0 radical (unpaired) electrons. The third-order valence-corrected chi connectivity index (χ3v) is 4.06. The van der Waals surface area contributed by atoms with Crippen molar-refractivity contribution in [2.75, 3.05) is 13.7 Å². The van der Waals surface area contributed by atoms with E-state index in [9.17, 15) is 14.4 Å². The van der Waals surface area contributed by atoms with Gasteiger partial charge in [-0.2, -0.15) is 0 Å². The maximum atomic E-state index is 11.9. The molecule has 0 bridgehead atoms. The molecule has 3 N–H and O–H groups in total. The lowest BCUT2D eigenvalue weighted by Gasteiger charge is -2.09. The number of carbonyl (C=O) groups excluding carboxylic acids is 3. The van der Waals surface area contributed by atoms with Gasteiger partial charge in [-0.15, -0.1) is 0 Å². The highest BCUT2D eigenvalue weighted by atomic mass is 16.5. The summed E-state index contributed by atoms with van der Waals surface area (Å²) in [4.78, 5) is 38.4. The minimum Gasteiger partial charge on any atom is -0.481 e. The first-order chi connectivity index (χ1) is 13.5. The highest BCUT2D eigenvalue weighted by Crippen LogP contribution is 2.22. The summed E-state index contributed by atoms with van der Waals surface area (Å²) in [5.41, 5.74) is 1.02. The quantitative estimate of drug-likeness (QED) is 0.588. The van der Waals surface area contributed by atoms with E-state index in [1.54, 1.807) is 25.4 Å². The Morgan fingerprint density at radius 3 is 2.50 bits per heavy atom. The number of pyridine rings is 1. The van der Waals surface area contributed by atoms with E-state index in [1.807, 2.05) is 24.3 Å². The van der Waals surface area contributed by atoms with Gasteiger partial charge in [-0.25, -0.2) is 9.78 Å². The van der Waals surface area contributed by atoms with Gasteiger partial charge in [0, 0.05) is 12.6 Å². The first kappa shape index (κ1) is 19.2. The van der Waals surface area contributed by atoms with Crippen molar-refractivity contribution in [3.8, 4) is 17.4 Å². The fraction of sp³-hybridized carbons (Fsp3) is 0.263. The number of nitrogens with zero attached hydrogens (tertiary/aromatic N) is 1. The average Bonchev–Trinajstić information content (AvgIpc) is 3.00. The molecule has 9 nitrogen and oxygen atoms in total. The minimum absolute atomic E-state index is 0.0831. The van der Waals surface area contributed by atoms with Gasteiger partial charge >= 0.3 is 6.03 Å². The SMILES string of the molecule is COc1ccc(Oc2ccc(CCNC(=O)CC3NC(=O)NC3=O)cc2)cn1. The lowest BCUT2D eigenvalue weighted by Crippen LogP contribution is -2.36. The predicted octanol–water partition coefficient (Wildman–Crippen LogP) is 1.14. The number of rotatable bonds is 8. The Hall–Kier alpha value is -3.62. The van der Waals surface area contributed by atoms with Crippen molar-refractivity contribution >= 4 is 17.8 Å². The number of methoxy groups -OCH3 is 1. The second-order valence-electron chi connectivity index (χ2n) is 6.10. The van der Waals surface area contributed by atoms with Crippen molar-refractivity contribution < 1.29 is 23.9 Å². The van der Waals surface area contributed by atoms with Crippen LogP contribution >= 0.6 is 0 Å². The number of imide groups is 1. The van der Waals surface area contributed by atoms with Gasteiger partial charge in [0.15, 0.2) is 0 Å². The summed E-state index contributed by atoms with van der Waals surface area (Å²) in [6.07, 6.45) is 2.12. The zero-order valence-corrected chi connectivity index (χ0v) is 15.2. The van der Waals surface area contributed by atoms with Crippen molar-refractivity contribution in [1.29, 1.82) is 0 Å². The van der Waals surface area contributed by atoms with Crippen LogP contribution in [0.25, 0.3) is 0 Å². The van der Waals surface area contributed by atoms with E-state index >= 15 is 0 Å². The van der Waals surface area contributed by atoms with Crippen LogP contribution in [0.5, 0.6) is 17.4 Å². The smallest absolute Gasteiger partial charge is 0.322 e. The number of benzene rings is 1. The Morgan fingerprint density at radius 2 is 1.89 bits per heavy atom. The number of amides is 4. The van der Waals surface area contributed by atoms with E-state index in [1.165, 1.54) is 0 Å². The molecule has 1 atom stereocenters. The van der Waals surface area contributed by atoms with Gasteiger partial charge in [-0.1, -0.05) is 12.1 Å². The second-order valence-corrected chi connectivity index (χ2v) is 6.10. The summed E-state index contributed by atoms with van der Waals surface area (Å²) < 4.78 is 10.7. The van der Waals surface area contributed by atoms with Gasteiger partial charge in [0.2, 0.25) is 11.8 Å². The monoisotopic (exact) mass is 384 g/mol. The molecule has 1 unspecified atom stereocenters. The van der Waals surface area contributed by atoms with Crippen LogP contribution < -0.4 is 25.4 Å². The summed E-state index contributed by atoms with van der Waals surface area (Å²) in [7, 11) is 1.55. The molecule has 1 aromatic carbocycles. The van der Waals surface area contributed by atoms with Crippen LogP contribution in [-0.2, 0) is 16.0 Å². The molecule has 0 aliphatic carbocycles. The van der Waals surface area contributed by atoms with Gasteiger partial charge in [0.1, 0.15) is 17.5 Å². The van der Waals surface area contributed by atoms with Gasteiger partial charge in [0.25, 0.3) is 5.91 Å². The third-order valence-electron chi connectivity index (χ3n) is 4.06. The lowest BCUT2D eigenvalue weighted by atomic mass is 10.1. The van der Waals surface area contributed by atoms with Crippen LogP contribution in [-0.4, -0.2) is 42.5 Å². The van der Waals surface area contributed by atoms with Crippen LogP contribution in [0.1, 0.15) is 12.0 Å². The van der Waals surface area contributed by atoms with Crippen molar-refractivity contribution in [3.05, 3.63) is 48.2 Å². The molecule has 0 spiro atoms. The normalized spacial score (nSPS) is 15.5. The summed E-state index contributed by atoms with van der Waals surface area (Å²) in [6.45, 7) is 0.420. The highest BCUT2D eigenvalue weighted by molar-refractivity contribution is 6.05. The molecular formula is C19H20N4O5. The van der Waals surface area contributed by atoms with E-state index in [2.05, 4.69) is 20.9 Å². The van der Waals surface area contributed by atoms with Crippen LogP contribution in [0.4, 0.5) is 4.79 Å². The standard InChI is InChI=1S/C19H20N4O5/c1-27-17-7-6-14(11-21-17)28-13-4-2-12(3-5-13)8-9-20-16(24)10-15-18(25)23-19(26)22-15/h2-7,11,15H,8-10H2,1H3,(H,20,24)(H2,22,23,25,26). The Morgan fingerprint density at radius 1 is 1.14 bits per heavy atom. The Labute approximate surface area is 161 Å². The maximum absolute atomic E-state index is 11.9. The zero-order valence-electron chi connectivity index (χ0n) is 15.2. The number of hydrogen-bond acceptors (Lipinski definition) is 6. The highest BCUT2D eigenvalue weighted by Gasteiger charge is 2.30. The second kappa shape index (κ2) is 8.85. The summed E-state index contributed by atoms with van der Waals surface area (Å²) in [5.74, 6) is 1.00. The predicted molar refractivity (Wildman–Crippen MR) is 99.1 cm³/mol. The zero-order chi connectivity index (χ0) is 19.9. The number of carbonyl (C=O) groups is 3. The van der Waals surface area contributed by atoms with Gasteiger partial charge < -0.3 is 20.1 Å². The molecule has 28 heavy (non-hydrogen) atoms. The summed E-state index contributed by atoms with van der Waals surface area (Å²) in [5, 5.41) is 7.22. The van der Waals surface area contributed by atoms with Gasteiger partial charge in [0.05, 0.1) is 19.7 Å². The number of aromatic nitrogens is 1. The molecule has 1 aromatic heterocycles. The van der Waals surface area contributed by atoms with Crippen LogP contribution in [0.15, 0.2) is 42.6 Å². The Kier molecular flexibility index (Phi) is 6.05. The Bertz CT molecular complexity index is 852.